The molecule has 82 valence electrons. The third kappa shape index (κ3) is 1.99. The molecule has 1 aromatic carbocycles. The number of hydrogen-bond acceptors (Lipinski definition) is 2. The minimum Gasteiger partial charge on any atom is -0.477 e. The monoisotopic (exact) mass is 280 g/mol. The van der Waals surface area contributed by atoms with Gasteiger partial charge in [0.05, 0.1) is 5.69 Å². The number of nitrogens with one attached hydrogen (secondary N) is 1. The van der Waals surface area contributed by atoms with Crippen LogP contribution in [0.3, 0.4) is 0 Å². The summed E-state index contributed by atoms with van der Waals surface area (Å²) in [5.41, 5.74) is 2.70. The van der Waals surface area contributed by atoms with Crippen LogP contribution in [0.5, 0.6) is 0 Å². The summed E-state index contributed by atoms with van der Waals surface area (Å²) in [6.07, 6.45) is 0. The van der Waals surface area contributed by atoms with Crippen LogP contribution in [0.4, 0.5) is 0 Å². The average Bonchev–Trinajstić information content (AvgIpc) is 2.66. The van der Waals surface area contributed by atoms with Crippen LogP contribution < -0.4 is 0 Å². The fourth-order valence-electron chi connectivity index (χ4n) is 1.48. The molecule has 0 radical (unpaired) electrons. The predicted molar refractivity (Wildman–Crippen MR) is 63.4 cm³/mol. The lowest BCUT2D eigenvalue weighted by Crippen LogP contribution is -1.95. The number of carbonyl (C=O) groups is 1. The zero-order valence-corrected chi connectivity index (χ0v) is 10.1. The topological polar surface area (TPSA) is 66.0 Å². The normalized spacial score (nSPS) is 10.4. The van der Waals surface area contributed by atoms with Crippen molar-refractivity contribution < 1.29 is 9.90 Å². The first kappa shape index (κ1) is 10.9. The second-order valence-electron chi connectivity index (χ2n) is 3.43. The average molecular weight is 281 g/mol. The molecule has 0 bridgehead atoms. The molecule has 0 saturated heterocycles. The van der Waals surface area contributed by atoms with Gasteiger partial charge in [-0.05, 0) is 30.7 Å². The molecule has 0 amide bonds. The lowest BCUT2D eigenvalue weighted by Gasteiger charge is -2.01. The molecule has 1 heterocycles. The van der Waals surface area contributed by atoms with Gasteiger partial charge in [-0.2, -0.15) is 5.10 Å². The van der Waals surface area contributed by atoms with Gasteiger partial charge >= 0.3 is 5.97 Å². The quantitative estimate of drug-likeness (QED) is 0.889. The zero-order valence-electron chi connectivity index (χ0n) is 8.49. The van der Waals surface area contributed by atoms with Crippen LogP contribution >= 0.6 is 15.9 Å². The summed E-state index contributed by atoms with van der Waals surface area (Å²) >= 11 is 3.37. The maximum Gasteiger partial charge on any atom is 0.353 e. The summed E-state index contributed by atoms with van der Waals surface area (Å²) in [7, 11) is 0. The third-order valence-electron chi connectivity index (χ3n) is 2.27. The molecular formula is C11H9BrN2O2. The molecule has 4 nitrogen and oxygen atoms in total. The van der Waals surface area contributed by atoms with Gasteiger partial charge in [-0.3, -0.25) is 5.10 Å². The Morgan fingerprint density at radius 3 is 2.75 bits per heavy atom. The number of benzene rings is 1. The van der Waals surface area contributed by atoms with E-state index in [4.69, 9.17) is 5.11 Å². The summed E-state index contributed by atoms with van der Waals surface area (Å²) in [4.78, 5) is 10.7. The molecule has 1 aromatic heterocycles. The summed E-state index contributed by atoms with van der Waals surface area (Å²) in [5, 5.41) is 15.2. The number of aromatic amines is 1. The number of aromatic carboxylic acids is 1. The van der Waals surface area contributed by atoms with Crippen molar-refractivity contribution in [3.05, 3.63) is 40.0 Å². The van der Waals surface area contributed by atoms with E-state index in [2.05, 4.69) is 26.1 Å². The summed E-state index contributed by atoms with van der Waals surface area (Å²) in [6.45, 7) is 1.95. The molecule has 5 heteroatoms. The maximum atomic E-state index is 10.7. The van der Waals surface area contributed by atoms with Crippen LogP contribution in [0.15, 0.2) is 28.7 Å². The lowest BCUT2D eigenvalue weighted by molar-refractivity contribution is 0.0690. The van der Waals surface area contributed by atoms with Crippen LogP contribution in [0.1, 0.15) is 16.1 Å². The fraction of sp³-hybridized carbons (Fsp3) is 0.0909. The van der Waals surface area contributed by atoms with Crippen molar-refractivity contribution in [2.24, 2.45) is 0 Å². The van der Waals surface area contributed by atoms with E-state index in [0.29, 0.717) is 5.69 Å². The first-order valence-corrected chi connectivity index (χ1v) is 5.42. The van der Waals surface area contributed by atoms with E-state index in [-0.39, 0.29) is 5.69 Å². The van der Waals surface area contributed by atoms with E-state index in [9.17, 15) is 4.79 Å². The number of aromatic nitrogens is 2. The van der Waals surface area contributed by atoms with Crippen molar-refractivity contribution in [3.8, 4) is 11.3 Å². The van der Waals surface area contributed by atoms with E-state index >= 15 is 0 Å². The number of aryl methyl sites for hydroxylation is 1. The standard InChI is InChI=1S/C11H9BrN2O2/c1-6-4-7(12)2-3-8(6)9-5-10(11(15)16)14-13-9/h2-5H,1H3,(H,13,14)(H,15,16). The van der Waals surface area contributed by atoms with Crippen molar-refractivity contribution in [2.75, 3.05) is 0 Å². The second-order valence-corrected chi connectivity index (χ2v) is 4.35. The molecule has 0 fully saturated rings. The molecular weight excluding hydrogens is 272 g/mol. The Kier molecular flexibility index (Phi) is 2.78. The number of rotatable bonds is 2. The lowest BCUT2D eigenvalue weighted by atomic mass is 10.1. The van der Waals surface area contributed by atoms with E-state index in [1.807, 2.05) is 25.1 Å². The Morgan fingerprint density at radius 1 is 1.44 bits per heavy atom. The Bertz CT molecular complexity index is 549. The predicted octanol–water partition coefficient (Wildman–Crippen LogP) is 2.85. The van der Waals surface area contributed by atoms with Gasteiger partial charge in [0.2, 0.25) is 0 Å². The van der Waals surface area contributed by atoms with Crippen molar-refractivity contribution >= 4 is 21.9 Å². The smallest absolute Gasteiger partial charge is 0.353 e. The third-order valence-corrected chi connectivity index (χ3v) is 2.77. The van der Waals surface area contributed by atoms with E-state index < -0.39 is 5.97 Å². The van der Waals surface area contributed by atoms with Crippen molar-refractivity contribution in [3.63, 3.8) is 0 Å². The van der Waals surface area contributed by atoms with Gasteiger partial charge < -0.3 is 5.11 Å². The first-order valence-electron chi connectivity index (χ1n) is 4.63. The van der Waals surface area contributed by atoms with E-state index in [1.54, 1.807) is 0 Å². The molecule has 2 aromatic rings. The van der Waals surface area contributed by atoms with Gasteiger partial charge in [0.25, 0.3) is 0 Å². The number of H-pyrrole nitrogens is 1. The minimum absolute atomic E-state index is 0.0947. The van der Waals surface area contributed by atoms with Gasteiger partial charge in [-0.25, -0.2) is 4.79 Å². The van der Waals surface area contributed by atoms with Gasteiger partial charge in [0, 0.05) is 10.0 Å². The largest absolute Gasteiger partial charge is 0.477 e. The van der Waals surface area contributed by atoms with Gasteiger partial charge in [0.15, 0.2) is 0 Å². The highest BCUT2D eigenvalue weighted by atomic mass is 79.9. The fourth-order valence-corrected chi connectivity index (χ4v) is 1.96. The molecule has 16 heavy (non-hydrogen) atoms. The SMILES string of the molecule is Cc1cc(Br)ccc1-c1cc(C(=O)O)[nH]n1. The number of nitrogens with zero attached hydrogens (tertiary/aromatic N) is 1. The van der Waals surface area contributed by atoms with Crippen molar-refractivity contribution in [1.82, 2.24) is 10.2 Å². The Morgan fingerprint density at radius 2 is 2.19 bits per heavy atom. The minimum atomic E-state index is -1.01. The number of hydrogen-bond donors (Lipinski definition) is 2. The summed E-state index contributed by atoms with van der Waals surface area (Å²) in [5.74, 6) is -1.01. The maximum absolute atomic E-state index is 10.7. The van der Waals surface area contributed by atoms with Crippen LogP contribution in [-0.2, 0) is 0 Å². The second kappa shape index (κ2) is 4.09. The van der Waals surface area contributed by atoms with E-state index in [0.717, 1.165) is 15.6 Å². The van der Waals surface area contributed by atoms with Crippen LogP contribution in [-0.4, -0.2) is 21.3 Å². The zero-order chi connectivity index (χ0) is 11.7. The molecule has 0 aliphatic rings. The van der Waals surface area contributed by atoms with Gasteiger partial charge in [0.1, 0.15) is 5.69 Å². The molecule has 0 saturated carbocycles. The van der Waals surface area contributed by atoms with Crippen LogP contribution in [0.25, 0.3) is 11.3 Å². The van der Waals surface area contributed by atoms with Crippen LogP contribution in [0, 0.1) is 6.92 Å². The highest BCUT2D eigenvalue weighted by Crippen LogP contribution is 2.24. The van der Waals surface area contributed by atoms with E-state index in [1.165, 1.54) is 6.07 Å². The molecule has 2 N–H and O–H groups in total. The molecule has 0 aliphatic carbocycles. The Labute approximate surface area is 100 Å². The summed E-state index contributed by atoms with van der Waals surface area (Å²) in [6, 6.07) is 7.29. The number of carboxylic acids is 1. The molecule has 0 spiro atoms. The van der Waals surface area contributed by atoms with Crippen molar-refractivity contribution in [2.45, 2.75) is 6.92 Å². The summed E-state index contributed by atoms with van der Waals surface area (Å²) < 4.78 is 0.989. The number of halogens is 1. The highest BCUT2D eigenvalue weighted by molar-refractivity contribution is 9.10. The Hall–Kier alpha value is -1.62. The van der Waals surface area contributed by atoms with Gasteiger partial charge in [-0.1, -0.05) is 22.0 Å². The molecule has 0 atom stereocenters. The molecule has 0 unspecified atom stereocenters. The Balaban J connectivity index is 2.46. The van der Waals surface area contributed by atoms with Gasteiger partial charge in [-0.15, -0.1) is 0 Å². The number of carboxylic acid groups (broad SMARTS) is 1. The molecule has 0 aliphatic heterocycles. The van der Waals surface area contributed by atoms with Crippen LogP contribution in [0.2, 0.25) is 0 Å². The van der Waals surface area contributed by atoms with Crippen molar-refractivity contribution in [1.29, 1.82) is 0 Å². The molecule has 2 rings (SSSR count). The first-order chi connectivity index (χ1) is 7.58. The highest BCUT2D eigenvalue weighted by Gasteiger charge is 2.10.